The van der Waals surface area contributed by atoms with Crippen molar-refractivity contribution in [1.29, 1.82) is 5.26 Å². The molecule has 2 aliphatic heterocycles. The number of amides is 1. The normalized spacial score (nSPS) is 28.1. The second kappa shape index (κ2) is 8.17. The number of thioether (sulfide) groups is 1. The van der Waals surface area contributed by atoms with Crippen molar-refractivity contribution < 1.29 is 19.0 Å². The summed E-state index contributed by atoms with van der Waals surface area (Å²) in [6.07, 6.45) is -0.896. The van der Waals surface area contributed by atoms with Crippen molar-refractivity contribution >= 4 is 17.9 Å². The summed E-state index contributed by atoms with van der Waals surface area (Å²) in [6, 6.07) is 9.86. The van der Waals surface area contributed by atoms with Crippen LogP contribution in [0.15, 0.2) is 29.2 Å². The van der Waals surface area contributed by atoms with E-state index in [0.717, 1.165) is 4.90 Å². The Labute approximate surface area is 177 Å². The molecule has 0 aromatic heterocycles. The van der Waals surface area contributed by atoms with Gasteiger partial charge in [-0.3, -0.25) is 4.90 Å². The van der Waals surface area contributed by atoms with Gasteiger partial charge in [-0.25, -0.2) is 4.79 Å². The van der Waals surface area contributed by atoms with Crippen LogP contribution in [0.3, 0.4) is 0 Å². The number of nitriles is 1. The third-order valence-corrected chi connectivity index (χ3v) is 6.10. The Balaban J connectivity index is 1.87. The molecule has 0 spiro atoms. The highest BCUT2D eigenvalue weighted by molar-refractivity contribution is 7.99. The first-order chi connectivity index (χ1) is 13.5. The van der Waals surface area contributed by atoms with E-state index in [1.165, 1.54) is 5.56 Å². The molecule has 4 atom stereocenters. The van der Waals surface area contributed by atoms with E-state index in [-0.39, 0.29) is 24.7 Å². The lowest BCUT2D eigenvalue weighted by molar-refractivity contribution is -0.165. The lowest BCUT2D eigenvalue weighted by atomic mass is 10.1. The average Bonchev–Trinajstić information content (AvgIpc) is 3.04. The van der Waals surface area contributed by atoms with Crippen LogP contribution >= 0.6 is 11.8 Å². The van der Waals surface area contributed by atoms with E-state index >= 15 is 0 Å². The molecular weight excluding hydrogens is 388 g/mol. The summed E-state index contributed by atoms with van der Waals surface area (Å²) in [7, 11) is 0. The van der Waals surface area contributed by atoms with Gasteiger partial charge in [-0.2, -0.15) is 5.26 Å². The first kappa shape index (κ1) is 21.9. The Bertz CT molecular complexity index is 781. The Morgan fingerprint density at radius 1 is 1.21 bits per heavy atom. The van der Waals surface area contributed by atoms with Crippen molar-refractivity contribution in [2.75, 3.05) is 5.75 Å². The van der Waals surface area contributed by atoms with Gasteiger partial charge < -0.3 is 14.2 Å². The van der Waals surface area contributed by atoms with E-state index < -0.39 is 23.5 Å². The Kier molecular flexibility index (Phi) is 6.19. The van der Waals surface area contributed by atoms with Crippen LogP contribution in [-0.4, -0.2) is 52.4 Å². The van der Waals surface area contributed by atoms with Crippen LogP contribution in [0.4, 0.5) is 4.79 Å². The number of hydrogen-bond acceptors (Lipinski definition) is 6. The zero-order valence-electron chi connectivity index (χ0n) is 18.0. The van der Waals surface area contributed by atoms with Crippen molar-refractivity contribution in [3.05, 3.63) is 29.8 Å². The SMILES string of the molecule is Cc1ccc(SC[C@@H]2[C@H]3OC(C)(C)O[C@H]3[C@H](CC#N)N2C(=O)OC(C)(C)C)cc1. The maximum atomic E-state index is 13.1. The van der Waals surface area contributed by atoms with E-state index in [2.05, 4.69) is 37.3 Å². The van der Waals surface area contributed by atoms with Gasteiger partial charge in [0.2, 0.25) is 0 Å². The summed E-state index contributed by atoms with van der Waals surface area (Å²) in [5.41, 5.74) is 0.579. The first-order valence-corrected chi connectivity index (χ1v) is 10.9. The third-order valence-electron chi connectivity index (χ3n) is 4.98. The molecule has 158 valence electrons. The molecule has 0 unspecified atom stereocenters. The van der Waals surface area contributed by atoms with E-state index in [4.69, 9.17) is 14.2 Å². The van der Waals surface area contributed by atoms with Crippen LogP contribution in [0.1, 0.15) is 46.6 Å². The predicted molar refractivity (Wildman–Crippen MR) is 112 cm³/mol. The van der Waals surface area contributed by atoms with E-state index in [1.807, 2.05) is 34.6 Å². The minimum absolute atomic E-state index is 0.172. The molecule has 2 saturated heterocycles. The number of hydrogen-bond donors (Lipinski definition) is 0. The number of carbonyl (C=O) groups excluding carboxylic acids is 1. The van der Waals surface area contributed by atoms with Crippen LogP contribution < -0.4 is 0 Å². The average molecular weight is 419 g/mol. The molecule has 0 aliphatic carbocycles. The molecule has 1 amide bonds. The minimum Gasteiger partial charge on any atom is -0.444 e. The van der Waals surface area contributed by atoms with E-state index in [0.29, 0.717) is 5.75 Å². The number of rotatable bonds is 4. The van der Waals surface area contributed by atoms with Crippen LogP contribution in [-0.2, 0) is 14.2 Å². The minimum atomic E-state index is -0.740. The van der Waals surface area contributed by atoms with Gasteiger partial charge >= 0.3 is 6.09 Å². The monoisotopic (exact) mass is 418 g/mol. The van der Waals surface area contributed by atoms with Gasteiger partial charge in [0, 0.05) is 10.6 Å². The lowest BCUT2D eigenvalue weighted by Crippen LogP contribution is -2.49. The summed E-state index contributed by atoms with van der Waals surface area (Å²) in [5.74, 6) is -0.110. The number of nitrogens with zero attached hydrogens (tertiary/aromatic N) is 2. The third kappa shape index (κ3) is 5.06. The molecule has 0 N–H and O–H groups in total. The van der Waals surface area contributed by atoms with Gasteiger partial charge in [0.05, 0.1) is 24.6 Å². The molecule has 2 aliphatic rings. The lowest BCUT2D eigenvalue weighted by Gasteiger charge is -2.34. The number of carbonyl (C=O) groups is 1. The zero-order chi connectivity index (χ0) is 21.4. The first-order valence-electron chi connectivity index (χ1n) is 9.94. The summed E-state index contributed by atoms with van der Waals surface area (Å²) < 4.78 is 18.0. The van der Waals surface area contributed by atoms with Crippen molar-refractivity contribution in [3.8, 4) is 6.07 Å². The van der Waals surface area contributed by atoms with Crippen LogP contribution in [0, 0.1) is 18.3 Å². The van der Waals surface area contributed by atoms with Gasteiger partial charge in [-0.15, -0.1) is 11.8 Å². The fourth-order valence-corrected chi connectivity index (χ4v) is 4.90. The maximum Gasteiger partial charge on any atom is 0.411 e. The van der Waals surface area contributed by atoms with Crippen LogP contribution in [0.2, 0.25) is 0 Å². The molecule has 7 heteroatoms. The Hall–Kier alpha value is -1.75. The smallest absolute Gasteiger partial charge is 0.411 e. The molecular formula is C22H30N2O4S. The molecule has 6 nitrogen and oxygen atoms in total. The van der Waals surface area contributed by atoms with Crippen molar-refractivity contribution in [2.45, 2.75) is 88.5 Å². The number of likely N-dealkylation sites (tertiary alicyclic amines) is 1. The molecule has 1 aromatic rings. The number of fused-ring (bicyclic) bond motifs is 1. The topological polar surface area (TPSA) is 71.8 Å². The van der Waals surface area contributed by atoms with Crippen molar-refractivity contribution in [3.63, 3.8) is 0 Å². The van der Waals surface area contributed by atoms with Gasteiger partial charge in [0.1, 0.15) is 17.8 Å². The van der Waals surface area contributed by atoms with E-state index in [9.17, 15) is 10.1 Å². The van der Waals surface area contributed by atoms with Gasteiger partial charge in [0.25, 0.3) is 0 Å². The van der Waals surface area contributed by atoms with Gasteiger partial charge in [-0.05, 0) is 53.7 Å². The molecule has 0 bridgehead atoms. The highest BCUT2D eigenvalue weighted by Crippen LogP contribution is 2.43. The second-order valence-corrected chi connectivity index (χ2v) is 10.2. The number of benzene rings is 1. The summed E-state index contributed by atoms with van der Waals surface area (Å²) in [6.45, 7) is 11.3. The van der Waals surface area contributed by atoms with E-state index in [1.54, 1.807) is 16.7 Å². The Morgan fingerprint density at radius 3 is 2.34 bits per heavy atom. The molecule has 0 radical (unpaired) electrons. The molecule has 29 heavy (non-hydrogen) atoms. The summed E-state index contributed by atoms with van der Waals surface area (Å²) in [5, 5.41) is 9.40. The standard InChI is InChI=1S/C22H30N2O4S/c1-14-7-9-15(10-8-14)29-13-17-19-18(26-22(5,6)27-19)16(11-12-23)24(17)20(25)28-21(2,3)4/h7-10,16-19H,11,13H2,1-6H3/t16-,17+,18-,19+/m0/s1. The zero-order valence-corrected chi connectivity index (χ0v) is 18.8. The van der Waals surface area contributed by atoms with Crippen LogP contribution in [0.25, 0.3) is 0 Å². The summed E-state index contributed by atoms with van der Waals surface area (Å²) in [4.78, 5) is 15.9. The van der Waals surface area contributed by atoms with Gasteiger partial charge in [0.15, 0.2) is 5.79 Å². The molecule has 3 rings (SSSR count). The second-order valence-electron chi connectivity index (χ2n) is 9.07. The molecule has 1 aromatic carbocycles. The Morgan fingerprint density at radius 2 is 1.79 bits per heavy atom. The molecule has 2 fully saturated rings. The summed E-state index contributed by atoms with van der Waals surface area (Å²) >= 11 is 1.67. The van der Waals surface area contributed by atoms with Crippen LogP contribution in [0.5, 0.6) is 0 Å². The largest absolute Gasteiger partial charge is 0.444 e. The highest BCUT2D eigenvalue weighted by Gasteiger charge is 2.59. The fourth-order valence-electron chi connectivity index (χ4n) is 3.86. The van der Waals surface area contributed by atoms with Crippen molar-refractivity contribution in [1.82, 2.24) is 4.90 Å². The fraction of sp³-hybridized carbons (Fsp3) is 0.636. The van der Waals surface area contributed by atoms with Crippen molar-refractivity contribution in [2.24, 2.45) is 0 Å². The predicted octanol–water partition coefficient (Wildman–Crippen LogP) is 4.51. The van der Waals surface area contributed by atoms with Gasteiger partial charge in [-0.1, -0.05) is 17.7 Å². The quantitative estimate of drug-likeness (QED) is 0.670. The number of aryl methyl sites for hydroxylation is 1. The number of ether oxygens (including phenoxy) is 3. The molecule has 2 heterocycles. The maximum absolute atomic E-state index is 13.1. The molecule has 0 saturated carbocycles. The highest BCUT2D eigenvalue weighted by atomic mass is 32.2.